The third kappa shape index (κ3) is 3.81. The number of rotatable bonds is 7. The lowest BCUT2D eigenvalue weighted by Crippen LogP contribution is -2.46. The van der Waals surface area contributed by atoms with Gasteiger partial charge in [-0.2, -0.15) is 0 Å². The quantitative estimate of drug-likeness (QED) is 0.662. The van der Waals surface area contributed by atoms with Crippen LogP contribution in [0.25, 0.3) is 10.8 Å². The summed E-state index contributed by atoms with van der Waals surface area (Å²) in [6.07, 6.45) is 0.240. The van der Waals surface area contributed by atoms with Crippen LogP contribution in [0.3, 0.4) is 0 Å². The van der Waals surface area contributed by atoms with Gasteiger partial charge in [0.1, 0.15) is 5.75 Å². The monoisotopic (exact) mass is 331 g/mol. The van der Waals surface area contributed by atoms with Gasteiger partial charge in [0.15, 0.2) is 0 Å². The predicted molar refractivity (Wildman–Crippen MR) is 86.0 cm³/mol. The van der Waals surface area contributed by atoms with Gasteiger partial charge in [-0.25, -0.2) is 9.59 Å². The first kappa shape index (κ1) is 17.3. The Labute approximate surface area is 137 Å². The van der Waals surface area contributed by atoms with Crippen molar-refractivity contribution in [3.05, 3.63) is 42.0 Å². The summed E-state index contributed by atoms with van der Waals surface area (Å²) in [6.45, 7) is 0. The highest BCUT2D eigenvalue weighted by Crippen LogP contribution is 2.29. The number of hydrogen-bond acceptors (Lipinski definition) is 4. The average molecular weight is 331 g/mol. The molecule has 0 heterocycles. The van der Waals surface area contributed by atoms with Crippen LogP contribution < -0.4 is 10.1 Å². The molecule has 0 aromatic heterocycles. The largest absolute Gasteiger partial charge is 0.496 e. The van der Waals surface area contributed by atoms with Crippen LogP contribution in [0.5, 0.6) is 5.75 Å². The number of fused-ring (bicyclic) bond motifs is 1. The smallest absolute Gasteiger partial charge is 0.338 e. The zero-order chi connectivity index (χ0) is 17.7. The first-order valence-corrected chi connectivity index (χ1v) is 7.23. The summed E-state index contributed by atoms with van der Waals surface area (Å²) in [5, 5.41) is 21.5. The first-order valence-electron chi connectivity index (χ1n) is 7.23. The Morgan fingerprint density at radius 3 is 2.38 bits per heavy atom. The van der Waals surface area contributed by atoms with E-state index in [4.69, 9.17) is 14.9 Å². The molecular weight excluding hydrogens is 314 g/mol. The van der Waals surface area contributed by atoms with Crippen molar-refractivity contribution in [1.82, 2.24) is 5.32 Å². The third-order valence-corrected chi connectivity index (χ3v) is 3.62. The first-order chi connectivity index (χ1) is 11.4. The van der Waals surface area contributed by atoms with Crippen molar-refractivity contribution in [1.29, 1.82) is 0 Å². The van der Waals surface area contributed by atoms with Gasteiger partial charge in [0.25, 0.3) is 0 Å². The third-order valence-electron chi connectivity index (χ3n) is 3.62. The number of methoxy groups -OCH3 is 1. The van der Waals surface area contributed by atoms with Gasteiger partial charge in [-0.1, -0.05) is 30.3 Å². The molecule has 0 aliphatic carbocycles. The number of aryl methyl sites for hydroxylation is 1. The lowest BCUT2D eigenvalue weighted by atomic mass is 9.99. The number of carboxylic acids is 2. The number of ether oxygens (including phenoxy) is 1. The number of carbonyl (C=O) groups excluding carboxylic acids is 1. The van der Waals surface area contributed by atoms with E-state index in [1.54, 1.807) is 6.07 Å². The fraction of sp³-hybridized carbons (Fsp3) is 0.235. The fourth-order valence-corrected chi connectivity index (χ4v) is 2.47. The number of carbonyl (C=O) groups is 3. The minimum Gasteiger partial charge on any atom is -0.496 e. The van der Waals surface area contributed by atoms with Gasteiger partial charge in [-0.3, -0.25) is 4.79 Å². The molecule has 0 bridgehead atoms. The van der Waals surface area contributed by atoms with Crippen LogP contribution in [-0.4, -0.2) is 41.2 Å². The number of benzene rings is 2. The van der Waals surface area contributed by atoms with Gasteiger partial charge in [-0.15, -0.1) is 0 Å². The van der Waals surface area contributed by atoms with E-state index >= 15 is 0 Å². The molecule has 0 unspecified atom stereocenters. The molecule has 0 radical (unpaired) electrons. The van der Waals surface area contributed by atoms with Crippen LogP contribution in [-0.2, 0) is 20.8 Å². The lowest BCUT2D eigenvalue weighted by molar-refractivity contribution is -0.153. The lowest BCUT2D eigenvalue weighted by Gasteiger charge is -2.13. The maximum atomic E-state index is 11.9. The number of nitrogens with one attached hydrogen (secondary N) is 1. The maximum absolute atomic E-state index is 11.9. The topological polar surface area (TPSA) is 113 Å². The van der Waals surface area contributed by atoms with Crippen molar-refractivity contribution in [3.8, 4) is 5.75 Å². The standard InChI is InChI=1S/C17H17NO6/c1-24-13-8-6-10-4-2-3-5-11(10)12(13)7-9-14(19)18-15(16(20)21)17(22)23/h2-6,8,15H,7,9H2,1H3,(H,18,19)(H,20,21)(H,22,23). The van der Waals surface area contributed by atoms with Crippen LogP contribution in [0.15, 0.2) is 36.4 Å². The van der Waals surface area contributed by atoms with E-state index in [2.05, 4.69) is 0 Å². The van der Waals surface area contributed by atoms with Crippen LogP contribution in [0.4, 0.5) is 0 Å². The highest BCUT2D eigenvalue weighted by atomic mass is 16.5. The Hall–Kier alpha value is -3.09. The molecule has 0 saturated heterocycles. The Bertz CT molecular complexity index is 772. The highest BCUT2D eigenvalue weighted by molar-refractivity contribution is 6.00. The van der Waals surface area contributed by atoms with Gasteiger partial charge in [0.05, 0.1) is 7.11 Å². The van der Waals surface area contributed by atoms with E-state index in [1.807, 2.05) is 35.6 Å². The zero-order valence-electron chi connectivity index (χ0n) is 13.0. The van der Waals surface area contributed by atoms with Gasteiger partial charge in [-0.05, 0) is 23.3 Å². The molecule has 1 amide bonds. The predicted octanol–water partition coefficient (Wildman–Crippen LogP) is 1.43. The molecule has 3 N–H and O–H groups in total. The molecule has 2 rings (SSSR count). The molecule has 126 valence electrons. The number of hydrogen-bond donors (Lipinski definition) is 3. The second-order valence-electron chi connectivity index (χ2n) is 5.14. The summed E-state index contributed by atoms with van der Waals surface area (Å²) < 4.78 is 5.32. The van der Waals surface area contributed by atoms with Crippen molar-refractivity contribution in [2.45, 2.75) is 18.9 Å². The summed E-state index contributed by atoms with van der Waals surface area (Å²) in [6, 6.07) is 9.36. The normalized spacial score (nSPS) is 10.6. The van der Waals surface area contributed by atoms with E-state index in [0.29, 0.717) is 12.2 Å². The number of carboxylic acid groups (broad SMARTS) is 2. The van der Waals surface area contributed by atoms with Crippen molar-refractivity contribution < 1.29 is 29.3 Å². The van der Waals surface area contributed by atoms with Gasteiger partial charge in [0.2, 0.25) is 11.9 Å². The Kier molecular flexibility index (Phi) is 5.36. The molecular formula is C17H17NO6. The Morgan fingerprint density at radius 1 is 1.08 bits per heavy atom. The molecule has 0 saturated carbocycles. The summed E-state index contributed by atoms with van der Waals surface area (Å²) in [5.74, 6) is -3.26. The average Bonchev–Trinajstić information content (AvgIpc) is 2.56. The van der Waals surface area contributed by atoms with Crippen LogP contribution in [0.2, 0.25) is 0 Å². The zero-order valence-corrected chi connectivity index (χ0v) is 13.0. The fourth-order valence-electron chi connectivity index (χ4n) is 2.47. The van der Waals surface area contributed by atoms with E-state index < -0.39 is 23.9 Å². The van der Waals surface area contributed by atoms with Crippen molar-refractivity contribution in [2.75, 3.05) is 7.11 Å². The Balaban J connectivity index is 2.17. The second-order valence-corrected chi connectivity index (χ2v) is 5.14. The van der Waals surface area contributed by atoms with E-state index in [9.17, 15) is 14.4 Å². The molecule has 0 aliphatic heterocycles. The molecule has 2 aromatic rings. The molecule has 0 spiro atoms. The summed E-state index contributed by atoms with van der Waals surface area (Å²) in [7, 11) is 1.53. The van der Waals surface area contributed by atoms with Crippen molar-refractivity contribution in [3.63, 3.8) is 0 Å². The molecule has 2 aromatic carbocycles. The molecule has 7 nitrogen and oxygen atoms in total. The minimum absolute atomic E-state index is 0.0541. The number of aliphatic carboxylic acids is 2. The van der Waals surface area contributed by atoms with Crippen molar-refractivity contribution in [2.24, 2.45) is 0 Å². The molecule has 0 fully saturated rings. The molecule has 0 atom stereocenters. The highest BCUT2D eigenvalue weighted by Gasteiger charge is 2.27. The molecule has 0 aliphatic rings. The van der Waals surface area contributed by atoms with Crippen LogP contribution >= 0.6 is 0 Å². The van der Waals surface area contributed by atoms with Crippen molar-refractivity contribution >= 4 is 28.6 Å². The summed E-state index contributed by atoms with van der Waals surface area (Å²) >= 11 is 0. The van der Waals surface area contributed by atoms with E-state index in [-0.39, 0.29) is 6.42 Å². The molecule has 7 heteroatoms. The van der Waals surface area contributed by atoms with E-state index in [0.717, 1.165) is 16.3 Å². The minimum atomic E-state index is -1.95. The Morgan fingerprint density at radius 2 is 1.75 bits per heavy atom. The summed E-state index contributed by atoms with van der Waals surface area (Å²) in [4.78, 5) is 33.5. The molecule has 24 heavy (non-hydrogen) atoms. The second kappa shape index (κ2) is 7.45. The van der Waals surface area contributed by atoms with Gasteiger partial charge in [0, 0.05) is 12.0 Å². The van der Waals surface area contributed by atoms with Gasteiger partial charge >= 0.3 is 11.9 Å². The summed E-state index contributed by atoms with van der Waals surface area (Å²) in [5.41, 5.74) is 0.813. The van der Waals surface area contributed by atoms with Gasteiger partial charge < -0.3 is 20.3 Å². The van der Waals surface area contributed by atoms with Crippen LogP contribution in [0.1, 0.15) is 12.0 Å². The number of amides is 1. The maximum Gasteiger partial charge on any atom is 0.338 e. The van der Waals surface area contributed by atoms with Crippen LogP contribution in [0, 0.1) is 0 Å². The van der Waals surface area contributed by atoms with E-state index in [1.165, 1.54) is 7.11 Å². The SMILES string of the molecule is COc1ccc2ccccc2c1CCC(=O)NC(C(=O)O)C(=O)O.